The minimum Gasteiger partial charge on any atom is -0.465 e. The number of carbonyl (C=O) groups is 1. The van der Waals surface area contributed by atoms with Crippen molar-refractivity contribution >= 4 is 34.0 Å². The van der Waals surface area contributed by atoms with E-state index in [0.717, 1.165) is 25.2 Å². The van der Waals surface area contributed by atoms with Crippen LogP contribution < -0.4 is 5.32 Å². The second-order valence-electron chi connectivity index (χ2n) is 5.01. The largest absolute Gasteiger partial charge is 0.465 e. The van der Waals surface area contributed by atoms with Gasteiger partial charge in [-0.15, -0.1) is 0 Å². The minimum atomic E-state index is -0.491. The summed E-state index contributed by atoms with van der Waals surface area (Å²) < 4.78 is 11.6. The molecule has 0 fully saturated rings. The summed E-state index contributed by atoms with van der Waals surface area (Å²) in [6.07, 6.45) is 1.87. The third-order valence-electron chi connectivity index (χ3n) is 3.45. The Labute approximate surface area is 141 Å². The van der Waals surface area contributed by atoms with Gasteiger partial charge in [0.1, 0.15) is 12.4 Å². The van der Waals surface area contributed by atoms with Gasteiger partial charge in [0.15, 0.2) is 21.0 Å². The van der Waals surface area contributed by atoms with Gasteiger partial charge in [0.25, 0.3) is 0 Å². The quantitative estimate of drug-likeness (QED) is 0.820. The predicted molar refractivity (Wildman–Crippen MR) is 84.8 cm³/mol. The highest BCUT2D eigenvalue weighted by Crippen LogP contribution is 2.32. The van der Waals surface area contributed by atoms with E-state index in [1.807, 2.05) is 4.68 Å². The van der Waals surface area contributed by atoms with Crippen molar-refractivity contribution < 1.29 is 14.3 Å². The lowest BCUT2D eigenvalue weighted by atomic mass is 10.1. The number of nitrogens with zero attached hydrogens (tertiary/aromatic N) is 4. The van der Waals surface area contributed by atoms with Crippen molar-refractivity contribution in [2.75, 3.05) is 19.5 Å². The third-order valence-corrected chi connectivity index (χ3v) is 4.80. The highest BCUT2D eigenvalue weighted by atomic mass is 35.5. The van der Waals surface area contributed by atoms with Crippen LogP contribution in [0, 0.1) is 0 Å². The molecule has 3 rings (SSSR count). The van der Waals surface area contributed by atoms with Gasteiger partial charge in [0.2, 0.25) is 0 Å². The molecule has 8 nitrogen and oxygen atoms in total. The zero-order chi connectivity index (χ0) is 16.4. The second kappa shape index (κ2) is 6.81. The van der Waals surface area contributed by atoms with Crippen molar-refractivity contribution in [3.8, 4) is 0 Å². The number of esters is 1. The molecule has 0 saturated heterocycles. The molecular weight excluding hydrogens is 342 g/mol. The van der Waals surface area contributed by atoms with Crippen molar-refractivity contribution in [2.45, 2.75) is 32.0 Å². The maximum atomic E-state index is 11.6. The number of fused-ring (bicyclic) bond motifs is 1. The second-order valence-corrected chi connectivity index (χ2v) is 6.37. The number of halogens is 1. The Morgan fingerprint density at radius 2 is 2.30 bits per heavy atom. The molecule has 3 heterocycles. The van der Waals surface area contributed by atoms with Crippen molar-refractivity contribution in [3.63, 3.8) is 0 Å². The molecule has 1 atom stereocenters. The molecule has 0 saturated carbocycles. The van der Waals surface area contributed by atoms with Crippen LogP contribution in [0.3, 0.4) is 0 Å². The predicted octanol–water partition coefficient (Wildman–Crippen LogP) is 2.27. The first-order valence-corrected chi connectivity index (χ1v) is 8.25. The van der Waals surface area contributed by atoms with E-state index in [1.165, 1.54) is 18.4 Å². The van der Waals surface area contributed by atoms with Crippen LogP contribution in [-0.2, 0) is 22.6 Å². The Balaban J connectivity index is 1.81. The monoisotopic (exact) mass is 357 g/mol. The van der Waals surface area contributed by atoms with Gasteiger partial charge >= 0.3 is 5.97 Å². The molecule has 0 aliphatic carbocycles. The van der Waals surface area contributed by atoms with Crippen molar-refractivity contribution in [1.29, 1.82) is 0 Å². The van der Waals surface area contributed by atoms with Gasteiger partial charge < -0.3 is 14.8 Å². The molecule has 1 unspecified atom stereocenters. The fourth-order valence-electron chi connectivity index (χ4n) is 2.46. The summed E-state index contributed by atoms with van der Waals surface area (Å²) in [7, 11) is 2.92. The molecule has 2 aromatic heterocycles. The van der Waals surface area contributed by atoms with Crippen LogP contribution in [0.2, 0.25) is 5.15 Å². The summed E-state index contributed by atoms with van der Waals surface area (Å²) in [5.41, 5.74) is 0. The molecule has 0 spiro atoms. The highest BCUT2D eigenvalue weighted by molar-refractivity contribution is 7.18. The molecule has 1 N–H and O–H groups in total. The number of nitrogens with one attached hydrogen (secondary N) is 1. The normalized spacial score (nSPS) is 16.9. The maximum Gasteiger partial charge on any atom is 0.351 e. The van der Waals surface area contributed by atoms with Gasteiger partial charge in [-0.05, 0) is 12.8 Å². The van der Waals surface area contributed by atoms with Crippen LogP contribution in [-0.4, -0.2) is 39.9 Å². The molecule has 0 aromatic carbocycles. The Hall–Kier alpha value is -1.71. The van der Waals surface area contributed by atoms with Gasteiger partial charge in [-0.3, -0.25) is 0 Å². The van der Waals surface area contributed by atoms with Gasteiger partial charge in [-0.2, -0.15) is 5.10 Å². The number of aryl methyl sites for hydroxylation is 1. The molecule has 23 heavy (non-hydrogen) atoms. The number of thiazole rings is 1. The van der Waals surface area contributed by atoms with E-state index in [9.17, 15) is 4.79 Å². The number of aromatic nitrogens is 4. The Kier molecular flexibility index (Phi) is 4.79. The first kappa shape index (κ1) is 16.2. The van der Waals surface area contributed by atoms with Crippen molar-refractivity contribution in [2.24, 2.45) is 0 Å². The molecule has 0 amide bonds. The zero-order valence-electron chi connectivity index (χ0n) is 12.7. The van der Waals surface area contributed by atoms with E-state index in [-0.39, 0.29) is 16.1 Å². The maximum absolute atomic E-state index is 11.6. The van der Waals surface area contributed by atoms with Crippen molar-refractivity contribution in [3.05, 3.63) is 21.7 Å². The SMILES string of the molecule is COCc1nc2n(n1)CCCC2Nc1nc(Cl)c(C(=O)OC)s1. The van der Waals surface area contributed by atoms with E-state index < -0.39 is 5.97 Å². The highest BCUT2D eigenvalue weighted by Gasteiger charge is 2.26. The van der Waals surface area contributed by atoms with Crippen molar-refractivity contribution in [1.82, 2.24) is 19.7 Å². The summed E-state index contributed by atoms with van der Waals surface area (Å²) in [6.45, 7) is 1.21. The summed E-state index contributed by atoms with van der Waals surface area (Å²) >= 11 is 7.16. The molecule has 1 aliphatic heterocycles. The third kappa shape index (κ3) is 3.31. The van der Waals surface area contributed by atoms with Crippen LogP contribution in [0.15, 0.2) is 0 Å². The Bertz CT molecular complexity index is 717. The van der Waals surface area contributed by atoms with E-state index in [0.29, 0.717) is 17.6 Å². The molecule has 124 valence electrons. The Morgan fingerprint density at radius 3 is 3.04 bits per heavy atom. The molecule has 0 bridgehead atoms. The summed E-state index contributed by atoms with van der Waals surface area (Å²) in [5.74, 6) is 1.01. The van der Waals surface area contributed by atoms with Crippen LogP contribution >= 0.6 is 22.9 Å². The fraction of sp³-hybridized carbons (Fsp3) is 0.538. The Morgan fingerprint density at radius 1 is 1.48 bits per heavy atom. The van der Waals surface area contributed by atoms with Crippen LogP contribution in [0.4, 0.5) is 5.13 Å². The first-order valence-electron chi connectivity index (χ1n) is 7.06. The lowest BCUT2D eigenvalue weighted by molar-refractivity contribution is 0.0606. The fourth-order valence-corrected chi connectivity index (χ4v) is 3.61. The lowest BCUT2D eigenvalue weighted by Gasteiger charge is -2.22. The molecule has 10 heteroatoms. The van der Waals surface area contributed by atoms with Crippen LogP contribution in [0.1, 0.15) is 40.2 Å². The standard InChI is InChI=1S/C13H16ClN5O3S/c1-21-6-8-16-11-7(4-3-5-19(11)18-8)15-13-17-10(14)9(23-13)12(20)22-2/h7H,3-6H2,1-2H3,(H,15,17). The number of hydrogen-bond donors (Lipinski definition) is 1. The topological polar surface area (TPSA) is 91.2 Å². The van der Waals surface area contributed by atoms with Crippen LogP contribution in [0.25, 0.3) is 0 Å². The van der Waals surface area contributed by atoms with Gasteiger partial charge in [0, 0.05) is 13.7 Å². The first-order chi connectivity index (χ1) is 11.1. The van der Waals surface area contributed by atoms with E-state index in [4.69, 9.17) is 16.3 Å². The van der Waals surface area contributed by atoms with Gasteiger partial charge in [0.05, 0.1) is 13.2 Å². The average molecular weight is 358 g/mol. The number of anilines is 1. The van der Waals surface area contributed by atoms with E-state index in [2.05, 4.69) is 25.1 Å². The van der Waals surface area contributed by atoms with Gasteiger partial charge in [-0.1, -0.05) is 22.9 Å². The summed E-state index contributed by atoms with van der Waals surface area (Å²) in [4.78, 5) is 20.6. The smallest absolute Gasteiger partial charge is 0.351 e. The number of hydrogen-bond acceptors (Lipinski definition) is 8. The molecular formula is C13H16ClN5O3S. The van der Waals surface area contributed by atoms with E-state index >= 15 is 0 Å². The number of rotatable bonds is 5. The average Bonchev–Trinajstić information content (AvgIpc) is 3.11. The molecule has 1 aliphatic rings. The minimum absolute atomic E-state index is 0.0328. The van der Waals surface area contributed by atoms with Gasteiger partial charge in [-0.25, -0.2) is 19.4 Å². The molecule has 0 radical (unpaired) electrons. The molecule has 2 aromatic rings. The zero-order valence-corrected chi connectivity index (χ0v) is 14.3. The van der Waals surface area contributed by atoms with E-state index in [1.54, 1.807) is 7.11 Å². The summed E-state index contributed by atoms with van der Waals surface area (Å²) in [5, 5.41) is 8.40. The number of carbonyl (C=O) groups excluding carboxylic acids is 1. The lowest BCUT2D eigenvalue weighted by Crippen LogP contribution is -2.22. The number of methoxy groups -OCH3 is 2. The number of ether oxygens (including phenoxy) is 2. The summed E-state index contributed by atoms with van der Waals surface area (Å²) in [6, 6.07) is -0.0328. The van der Waals surface area contributed by atoms with Crippen LogP contribution in [0.5, 0.6) is 0 Å².